The molecule has 4 nitrogen and oxygen atoms in total. The Labute approximate surface area is 206 Å². The van der Waals surface area contributed by atoms with Gasteiger partial charge in [-0.1, -0.05) is 54.4 Å². The lowest BCUT2D eigenvalue weighted by Gasteiger charge is -2.44. The molecule has 1 aliphatic heterocycles. The molecule has 0 aromatic heterocycles. The fourth-order valence-electron chi connectivity index (χ4n) is 4.86. The quantitative estimate of drug-likeness (QED) is 0.530. The summed E-state index contributed by atoms with van der Waals surface area (Å²) in [5, 5.41) is 1.92. The number of hydrogen-bond acceptors (Lipinski definition) is 3. The van der Waals surface area contributed by atoms with Gasteiger partial charge in [0.05, 0.1) is 16.8 Å². The summed E-state index contributed by atoms with van der Waals surface area (Å²) < 4.78 is 0. The summed E-state index contributed by atoms with van der Waals surface area (Å²) in [5.41, 5.74) is 7.87. The highest BCUT2D eigenvalue weighted by Crippen LogP contribution is 2.38. The Morgan fingerprint density at radius 3 is 2.22 bits per heavy atom. The predicted molar refractivity (Wildman–Crippen MR) is 136 cm³/mol. The molecule has 2 aromatic carbocycles. The summed E-state index contributed by atoms with van der Waals surface area (Å²) in [4.78, 5) is 17.7. The van der Waals surface area contributed by atoms with E-state index in [2.05, 4.69) is 4.90 Å². The lowest BCUT2D eigenvalue weighted by molar-refractivity contribution is -0.137. The van der Waals surface area contributed by atoms with Crippen molar-refractivity contribution in [2.45, 2.75) is 39.2 Å². The molecule has 0 bridgehead atoms. The van der Waals surface area contributed by atoms with E-state index in [0.717, 1.165) is 43.5 Å². The van der Waals surface area contributed by atoms with Crippen LogP contribution in [0.2, 0.25) is 15.1 Å². The molecule has 2 N–H and O–H groups in total. The van der Waals surface area contributed by atoms with E-state index in [4.69, 9.17) is 40.5 Å². The maximum atomic E-state index is 13.3. The average molecular weight is 497 g/mol. The predicted octanol–water partition coefficient (Wildman–Crippen LogP) is 6.44. The van der Waals surface area contributed by atoms with Crippen LogP contribution >= 0.6 is 34.8 Å². The third-order valence-electron chi connectivity index (χ3n) is 6.70. The molecule has 0 unspecified atom stereocenters. The molecule has 2 aliphatic rings. The lowest BCUT2D eigenvalue weighted by Crippen LogP contribution is -2.52. The monoisotopic (exact) mass is 495 g/mol. The van der Waals surface area contributed by atoms with Crippen LogP contribution in [0.25, 0.3) is 0 Å². The first-order chi connectivity index (χ1) is 15.0. The summed E-state index contributed by atoms with van der Waals surface area (Å²) in [6.07, 6.45) is 3.98. The molecule has 2 aromatic rings. The summed E-state index contributed by atoms with van der Waals surface area (Å²) >= 11 is 18.8. The van der Waals surface area contributed by atoms with E-state index in [1.54, 1.807) is 6.07 Å². The van der Waals surface area contributed by atoms with E-state index < -0.39 is 0 Å². The fraction of sp³-hybridized carbons (Fsp3) is 0.480. The summed E-state index contributed by atoms with van der Waals surface area (Å²) in [7, 11) is 0. The molecule has 1 saturated heterocycles. The van der Waals surface area contributed by atoms with Gasteiger partial charge in [-0.15, -0.1) is 0 Å². The summed E-state index contributed by atoms with van der Waals surface area (Å²) in [6, 6.07) is 13.4. The zero-order valence-electron chi connectivity index (χ0n) is 17.4. The number of amides is 1. The molecule has 2 fully saturated rings. The SMILES string of the molecule is C.NCC1CCC(C(=O)N2CCN(c3ccc(Cl)cc3Cl)[C@H](c3ccc(Cl)cc3)C2)CC1. The Kier molecular flexibility index (Phi) is 8.74. The Hall–Kier alpha value is -1.46. The van der Waals surface area contributed by atoms with Crippen LogP contribution in [0.4, 0.5) is 5.69 Å². The van der Waals surface area contributed by atoms with Gasteiger partial charge < -0.3 is 15.5 Å². The molecule has 0 radical (unpaired) electrons. The topological polar surface area (TPSA) is 49.6 Å². The largest absolute Gasteiger partial charge is 0.360 e. The van der Waals surface area contributed by atoms with Crippen molar-refractivity contribution in [2.75, 3.05) is 31.1 Å². The molecule has 1 atom stereocenters. The molecule has 1 saturated carbocycles. The highest BCUT2D eigenvalue weighted by atomic mass is 35.5. The van der Waals surface area contributed by atoms with Gasteiger partial charge in [0.2, 0.25) is 5.91 Å². The van der Waals surface area contributed by atoms with Crippen molar-refractivity contribution in [2.24, 2.45) is 17.6 Å². The van der Waals surface area contributed by atoms with Gasteiger partial charge in [0, 0.05) is 35.6 Å². The number of carbonyl (C=O) groups excluding carboxylic acids is 1. The van der Waals surface area contributed by atoms with Crippen molar-refractivity contribution in [3.63, 3.8) is 0 Å². The number of hydrogen-bond donors (Lipinski definition) is 1. The van der Waals surface area contributed by atoms with Crippen LogP contribution in [0.5, 0.6) is 0 Å². The van der Waals surface area contributed by atoms with Gasteiger partial charge in [0.25, 0.3) is 0 Å². The van der Waals surface area contributed by atoms with Crippen LogP contribution in [0, 0.1) is 11.8 Å². The first-order valence-corrected chi connectivity index (χ1v) is 12.1. The Bertz CT molecular complexity index is 913. The zero-order valence-corrected chi connectivity index (χ0v) is 19.7. The normalized spacial score (nSPS) is 23.6. The molecule has 1 aliphatic carbocycles. The number of carbonyl (C=O) groups is 1. The first kappa shape index (κ1) is 25.2. The maximum Gasteiger partial charge on any atom is 0.225 e. The molecule has 4 rings (SSSR count). The third kappa shape index (κ3) is 5.53. The van der Waals surface area contributed by atoms with Gasteiger partial charge in [0.15, 0.2) is 0 Å². The van der Waals surface area contributed by atoms with Crippen LogP contribution in [-0.4, -0.2) is 37.0 Å². The highest BCUT2D eigenvalue weighted by Gasteiger charge is 2.35. The zero-order chi connectivity index (χ0) is 22.0. The molecular formula is C25H32Cl3N3O. The summed E-state index contributed by atoms with van der Waals surface area (Å²) in [5.74, 6) is 0.949. The van der Waals surface area contributed by atoms with E-state index in [1.807, 2.05) is 41.3 Å². The summed E-state index contributed by atoms with van der Waals surface area (Å²) in [6.45, 7) is 2.73. The first-order valence-electron chi connectivity index (χ1n) is 10.9. The van der Waals surface area contributed by atoms with E-state index in [9.17, 15) is 4.79 Å². The molecular weight excluding hydrogens is 465 g/mol. The van der Waals surface area contributed by atoms with E-state index >= 15 is 0 Å². The Morgan fingerprint density at radius 2 is 1.59 bits per heavy atom. The second kappa shape index (κ2) is 11.1. The Morgan fingerprint density at radius 1 is 0.938 bits per heavy atom. The highest BCUT2D eigenvalue weighted by molar-refractivity contribution is 6.36. The minimum Gasteiger partial charge on any atom is -0.360 e. The number of anilines is 1. The molecule has 32 heavy (non-hydrogen) atoms. The third-order valence-corrected chi connectivity index (χ3v) is 7.49. The van der Waals surface area contributed by atoms with Crippen LogP contribution in [0.1, 0.15) is 44.7 Å². The Balaban J connectivity index is 0.00000289. The molecule has 1 heterocycles. The van der Waals surface area contributed by atoms with Crippen molar-refractivity contribution < 1.29 is 4.79 Å². The number of piperazine rings is 1. The second-order valence-electron chi connectivity index (χ2n) is 8.59. The number of nitrogens with zero attached hydrogens (tertiary/aromatic N) is 2. The maximum absolute atomic E-state index is 13.3. The van der Waals surface area contributed by atoms with Crippen molar-refractivity contribution in [1.29, 1.82) is 0 Å². The number of rotatable bonds is 4. The van der Waals surface area contributed by atoms with E-state index in [1.165, 1.54) is 0 Å². The molecule has 7 heteroatoms. The minimum atomic E-state index is -0.00553. The van der Waals surface area contributed by atoms with Gasteiger partial charge in [-0.25, -0.2) is 0 Å². The van der Waals surface area contributed by atoms with Gasteiger partial charge in [-0.3, -0.25) is 4.79 Å². The molecule has 0 spiro atoms. The van der Waals surface area contributed by atoms with Gasteiger partial charge in [0.1, 0.15) is 0 Å². The number of nitrogens with two attached hydrogens (primary N) is 1. The van der Waals surface area contributed by atoms with Gasteiger partial charge >= 0.3 is 0 Å². The van der Waals surface area contributed by atoms with E-state index in [0.29, 0.717) is 40.6 Å². The van der Waals surface area contributed by atoms with Crippen molar-refractivity contribution in [3.8, 4) is 0 Å². The van der Waals surface area contributed by atoms with Crippen LogP contribution in [0.3, 0.4) is 0 Å². The van der Waals surface area contributed by atoms with Crippen LogP contribution < -0.4 is 10.6 Å². The lowest BCUT2D eigenvalue weighted by atomic mass is 9.81. The van der Waals surface area contributed by atoms with Crippen molar-refractivity contribution in [3.05, 3.63) is 63.1 Å². The smallest absolute Gasteiger partial charge is 0.225 e. The number of benzene rings is 2. The van der Waals surface area contributed by atoms with Gasteiger partial charge in [-0.05, 0) is 74.0 Å². The van der Waals surface area contributed by atoms with Crippen molar-refractivity contribution in [1.82, 2.24) is 4.90 Å². The van der Waals surface area contributed by atoms with Gasteiger partial charge in [-0.2, -0.15) is 0 Å². The standard InChI is InChI=1S/C24H28Cl3N3O.CH4/c25-19-7-5-17(6-8-19)23-15-29(24(31)18-3-1-16(14-28)2-4-18)11-12-30(23)22-10-9-20(26)13-21(22)27;/h5-10,13,16,18,23H,1-4,11-12,14-15,28H2;1H4/t16?,18?,23-;/m0./s1. The van der Waals surface area contributed by atoms with Crippen molar-refractivity contribution >= 4 is 46.4 Å². The fourth-order valence-corrected chi connectivity index (χ4v) is 5.50. The van der Waals surface area contributed by atoms with Crippen LogP contribution in [0.15, 0.2) is 42.5 Å². The van der Waals surface area contributed by atoms with E-state index in [-0.39, 0.29) is 25.3 Å². The number of halogens is 3. The second-order valence-corrected chi connectivity index (χ2v) is 9.87. The average Bonchev–Trinajstić information content (AvgIpc) is 2.79. The van der Waals surface area contributed by atoms with Crippen LogP contribution in [-0.2, 0) is 4.79 Å². The molecule has 174 valence electrons. The minimum absolute atomic E-state index is 0. The molecule has 1 amide bonds.